The van der Waals surface area contributed by atoms with E-state index in [4.69, 9.17) is 4.74 Å². The van der Waals surface area contributed by atoms with Crippen molar-refractivity contribution in [3.05, 3.63) is 97.2 Å². The summed E-state index contributed by atoms with van der Waals surface area (Å²) in [6.45, 7) is 3.72. The second kappa shape index (κ2) is 9.49. The standard InChI is InChI=1S/C23H21N3O4S/c1-14-8-4-5-9-16(14)13-31-22-18(12-24)21(20(15(2)25-22)23(27)30-3)17-10-6-7-11-19(17)26(28)29/h4-11,21,25H,13H2,1-3H3. The molecule has 0 amide bonds. The molecule has 1 N–H and O–H groups in total. The number of nitriles is 1. The number of methoxy groups -OCH3 is 1. The number of ether oxygens (including phenoxy) is 1. The van der Waals surface area contributed by atoms with Crippen LogP contribution in [-0.2, 0) is 15.3 Å². The fraction of sp³-hybridized carbons (Fsp3) is 0.217. The maximum atomic E-state index is 12.6. The molecule has 0 fully saturated rings. The summed E-state index contributed by atoms with van der Waals surface area (Å²) in [5, 5.41) is 25.4. The Labute approximate surface area is 184 Å². The van der Waals surface area contributed by atoms with Crippen LogP contribution in [0.25, 0.3) is 0 Å². The Bertz CT molecular complexity index is 1150. The molecule has 1 unspecified atom stereocenters. The summed E-state index contributed by atoms with van der Waals surface area (Å²) in [6, 6.07) is 16.3. The molecule has 8 heteroatoms. The summed E-state index contributed by atoms with van der Waals surface area (Å²) in [5.41, 5.74) is 3.30. The summed E-state index contributed by atoms with van der Waals surface area (Å²) >= 11 is 1.42. The van der Waals surface area contributed by atoms with Crippen molar-refractivity contribution in [1.29, 1.82) is 5.26 Å². The average Bonchev–Trinajstić information content (AvgIpc) is 2.77. The monoisotopic (exact) mass is 435 g/mol. The lowest BCUT2D eigenvalue weighted by Crippen LogP contribution is -2.28. The maximum absolute atomic E-state index is 12.6. The lowest BCUT2D eigenvalue weighted by Gasteiger charge is -2.29. The van der Waals surface area contributed by atoms with Crippen molar-refractivity contribution >= 4 is 23.4 Å². The van der Waals surface area contributed by atoms with E-state index < -0.39 is 16.8 Å². The first-order valence-electron chi connectivity index (χ1n) is 9.50. The molecular weight excluding hydrogens is 414 g/mol. The van der Waals surface area contributed by atoms with E-state index in [0.29, 0.717) is 16.5 Å². The number of hydrogen-bond acceptors (Lipinski definition) is 7. The summed E-state index contributed by atoms with van der Waals surface area (Å²) in [6.07, 6.45) is 0. The first-order valence-corrected chi connectivity index (χ1v) is 10.5. The van der Waals surface area contributed by atoms with E-state index in [1.807, 2.05) is 31.2 Å². The highest BCUT2D eigenvalue weighted by Crippen LogP contribution is 2.44. The van der Waals surface area contributed by atoms with Crippen molar-refractivity contribution in [2.24, 2.45) is 0 Å². The molecule has 31 heavy (non-hydrogen) atoms. The van der Waals surface area contributed by atoms with Crippen LogP contribution in [0.2, 0.25) is 0 Å². The third kappa shape index (κ3) is 4.47. The smallest absolute Gasteiger partial charge is 0.336 e. The van der Waals surface area contributed by atoms with Gasteiger partial charge in [-0.1, -0.05) is 42.5 Å². The molecule has 0 saturated heterocycles. The number of esters is 1. The number of dihydropyridines is 1. The van der Waals surface area contributed by atoms with Gasteiger partial charge in [0.05, 0.1) is 40.2 Å². The van der Waals surface area contributed by atoms with Gasteiger partial charge in [-0.05, 0) is 25.0 Å². The molecule has 158 valence electrons. The second-order valence-electron chi connectivity index (χ2n) is 6.97. The quantitative estimate of drug-likeness (QED) is 0.398. The number of thioether (sulfide) groups is 1. The van der Waals surface area contributed by atoms with E-state index in [1.54, 1.807) is 25.1 Å². The zero-order valence-electron chi connectivity index (χ0n) is 17.3. The van der Waals surface area contributed by atoms with E-state index in [1.165, 1.54) is 24.9 Å². The van der Waals surface area contributed by atoms with Gasteiger partial charge in [0.25, 0.3) is 5.69 Å². The molecule has 0 radical (unpaired) electrons. The molecule has 7 nitrogen and oxygen atoms in total. The van der Waals surface area contributed by atoms with E-state index in [-0.39, 0.29) is 22.4 Å². The number of hydrogen-bond donors (Lipinski definition) is 1. The number of aryl methyl sites for hydroxylation is 1. The average molecular weight is 436 g/mol. The highest BCUT2D eigenvalue weighted by atomic mass is 32.2. The number of rotatable bonds is 6. The minimum atomic E-state index is -0.903. The zero-order chi connectivity index (χ0) is 22.5. The van der Waals surface area contributed by atoms with Crippen LogP contribution in [0.5, 0.6) is 0 Å². The fourth-order valence-electron chi connectivity index (χ4n) is 3.54. The van der Waals surface area contributed by atoms with Crippen LogP contribution in [0.1, 0.15) is 29.5 Å². The van der Waals surface area contributed by atoms with Gasteiger partial charge >= 0.3 is 5.97 Å². The van der Waals surface area contributed by atoms with Crippen LogP contribution in [0.4, 0.5) is 5.69 Å². The normalized spacial score (nSPS) is 15.9. The number of para-hydroxylation sites is 1. The minimum absolute atomic E-state index is 0.153. The molecule has 0 saturated carbocycles. The fourth-order valence-corrected chi connectivity index (χ4v) is 4.71. The van der Waals surface area contributed by atoms with Crippen molar-refractivity contribution in [3.8, 4) is 6.07 Å². The largest absolute Gasteiger partial charge is 0.466 e. The molecule has 0 aromatic heterocycles. The molecule has 0 aliphatic carbocycles. The van der Waals surface area contributed by atoms with Crippen molar-refractivity contribution in [2.75, 3.05) is 7.11 Å². The summed E-state index contributed by atoms with van der Waals surface area (Å²) in [7, 11) is 1.25. The molecule has 1 atom stereocenters. The third-order valence-electron chi connectivity index (χ3n) is 5.13. The first kappa shape index (κ1) is 22.1. The van der Waals surface area contributed by atoms with Crippen molar-refractivity contribution < 1.29 is 14.5 Å². The molecule has 0 bridgehead atoms. The number of nitro groups is 1. The Kier molecular flexibility index (Phi) is 6.78. The number of nitrogens with one attached hydrogen (secondary N) is 1. The van der Waals surface area contributed by atoms with E-state index in [0.717, 1.165) is 11.1 Å². The van der Waals surface area contributed by atoms with Crippen LogP contribution in [0, 0.1) is 28.4 Å². The predicted molar refractivity (Wildman–Crippen MR) is 119 cm³/mol. The number of nitro benzene ring substituents is 1. The molecule has 1 aliphatic heterocycles. The molecule has 2 aromatic rings. The Morgan fingerprint density at radius 2 is 1.90 bits per heavy atom. The molecule has 1 heterocycles. The van der Waals surface area contributed by atoms with E-state index in [9.17, 15) is 20.2 Å². The lowest BCUT2D eigenvalue weighted by atomic mass is 9.82. The van der Waals surface area contributed by atoms with Crippen molar-refractivity contribution in [3.63, 3.8) is 0 Å². The van der Waals surface area contributed by atoms with Crippen molar-refractivity contribution in [2.45, 2.75) is 25.5 Å². The number of allylic oxidation sites excluding steroid dienone is 2. The Hall–Kier alpha value is -3.57. The van der Waals surface area contributed by atoms with Crippen molar-refractivity contribution in [1.82, 2.24) is 5.32 Å². The number of nitrogens with zero attached hydrogens (tertiary/aromatic N) is 2. The predicted octanol–water partition coefficient (Wildman–Crippen LogP) is 4.71. The third-order valence-corrected chi connectivity index (χ3v) is 6.20. The molecule has 1 aliphatic rings. The highest BCUT2D eigenvalue weighted by molar-refractivity contribution is 8.02. The second-order valence-corrected chi connectivity index (χ2v) is 7.96. The topological polar surface area (TPSA) is 105 Å². The van der Waals surface area contributed by atoms with Gasteiger partial charge in [-0.25, -0.2) is 4.79 Å². The van der Waals surface area contributed by atoms with E-state index >= 15 is 0 Å². The van der Waals surface area contributed by atoms with Gasteiger partial charge in [-0.3, -0.25) is 10.1 Å². The summed E-state index contributed by atoms with van der Waals surface area (Å²) < 4.78 is 4.94. The zero-order valence-corrected chi connectivity index (χ0v) is 18.2. The Morgan fingerprint density at radius 3 is 2.55 bits per heavy atom. The minimum Gasteiger partial charge on any atom is -0.466 e. The first-order chi connectivity index (χ1) is 14.9. The van der Waals surface area contributed by atoms with Gasteiger partial charge in [0.15, 0.2) is 0 Å². The van der Waals surface area contributed by atoms with Crippen LogP contribution in [-0.4, -0.2) is 18.0 Å². The van der Waals surface area contributed by atoms with Gasteiger partial charge < -0.3 is 10.1 Å². The van der Waals surface area contributed by atoms with Gasteiger partial charge in [-0.15, -0.1) is 11.8 Å². The lowest BCUT2D eigenvalue weighted by molar-refractivity contribution is -0.385. The van der Waals surface area contributed by atoms with Gasteiger partial charge in [0, 0.05) is 23.1 Å². The van der Waals surface area contributed by atoms with Gasteiger partial charge in [-0.2, -0.15) is 5.26 Å². The van der Waals surface area contributed by atoms with E-state index in [2.05, 4.69) is 11.4 Å². The highest BCUT2D eigenvalue weighted by Gasteiger charge is 2.38. The molecule has 0 spiro atoms. The van der Waals surface area contributed by atoms with Crippen LogP contribution in [0.15, 0.2) is 70.4 Å². The van der Waals surface area contributed by atoms with Crippen LogP contribution in [0.3, 0.4) is 0 Å². The van der Waals surface area contributed by atoms with Gasteiger partial charge in [0.1, 0.15) is 0 Å². The Balaban J connectivity index is 2.13. The molecular formula is C23H21N3O4S. The Morgan fingerprint density at radius 1 is 1.23 bits per heavy atom. The SMILES string of the molecule is COC(=O)C1=C(C)NC(SCc2ccccc2C)=C(C#N)C1c1ccccc1[N+](=O)[O-]. The summed E-state index contributed by atoms with van der Waals surface area (Å²) in [4.78, 5) is 23.8. The summed E-state index contributed by atoms with van der Waals surface area (Å²) in [5.74, 6) is -0.937. The number of benzene rings is 2. The van der Waals surface area contributed by atoms with Crippen LogP contribution < -0.4 is 5.32 Å². The maximum Gasteiger partial charge on any atom is 0.336 e. The van der Waals surface area contributed by atoms with Gasteiger partial charge in [0.2, 0.25) is 0 Å². The number of carbonyl (C=O) groups excluding carboxylic acids is 1. The molecule has 2 aromatic carbocycles. The number of carbonyl (C=O) groups is 1. The molecule has 3 rings (SSSR count). The van der Waals surface area contributed by atoms with Crippen LogP contribution >= 0.6 is 11.8 Å².